The first-order chi connectivity index (χ1) is 10.4. The average Bonchev–Trinajstić information content (AvgIpc) is 2.86. The SMILES string of the molecule is CSC[C@@H](C)NS(=O)(=O)Cc1cc(-c2ccc(F)cc2)no1. The Bertz CT molecular complexity index is 714. The van der Waals surface area contributed by atoms with Gasteiger partial charge in [-0.05, 0) is 37.4 Å². The normalized spacial score (nSPS) is 13.2. The van der Waals surface area contributed by atoms with Gasteiger partial charge in [0.2, 0.25) is 10.0 Å². The third-order valence-corrected chi connectivity index (χ3v) is 5.09. The van der Waals surface area contributed by atoms with E-state index in [1.54, 1.807) is 36.9 Å². The fourth-order valence-electron chi connectivity index (χ4n) is 1.96. The number of hydrogen-bond acceptors (Lipinski definition) is 5. The highest BCUT2D eigenvalue weighted by Gasteiger charge is 2.18. The van der Waals surface area contributed by atoms with Gasteiger partial charge in [-0.1, -0.05) is 5.16 Å². The molecule has 0 unspecified atom stereocenters. The molecule has 1 aromatic carbocycles. The number of nitrogens with one attached hydrogen (secondary N) is 1. The molecule has 0 aliphatic rings. The second-order valence-electron chi connectivity index (χ2n) is 4.92. The molecule has 0 radical (unpaired) electrons. The summed E-state index contributed by atoms with van der Waals surface area (Å²) in [7, 11) is -3.49. The fraction of sp³-hybridized carbons (Fsp3) is 0.357. The summed E-state index contributed by atoms with van der Waals surface area (Å²) in [6.07, 6.45) is 1.91. The van der Waals surface area contributed by atoms with E-state index >= 15 is 0 Å². The summed E-state index contributed by atoms with van der Waals surface area (Å²) >= 11 is 1.57. The van der Waals surface area contributed by atoms with Crippen LogP contribution in [-0.2, 0) is 15.8 Å². The number of rotatable bonds is 7. The summed E-state index contributed by atoms with van der Waals surface area (Å²) in [5.74, 6) is 0.307. The van der Waals surface area contributed by atoms with Crippen LogP contribution < -0.4 is 4.72 Å². The van der Waals surface area contributed by atoms with Crippen LogP contribution in [0.5, 0.6) is 0 Å². The molecule has 0 saturated heterocycles. The van der Waals surface area contributed by atoms with Crippen LogP contribution in [0.4, 0.5) is 4.39 Å². The van der Waals surface area contributed by atoms with E-state index in [4.69, 9.17) is 4.52 Å². The summed E-state index contributed by atoms with van der Waals surface area (Å²) in [6, 6.07) is 7.14. The second-order valence-corrected chi connectivity index (χ2v) is 7.58. The molecule has 2 rings (SSSR count). The van der Waals surface area contributed by atoms with E-state index in [0.717, 1.165) is 0 Å². The Morgan fingerprint density at radius 3 is 2.68 bits per heavy atom. The van der Waals surface area contributed by atoms with E-state index in [-0.39, 0.29) is 23.4 Å². The van der Waals surface area contributed by atoms with Gasteiger partial charge in [-0.15, -0.1) is 0 Å². The Balaban J connectivity index is 2.07. The van der Waals surface area contributed by atoms with Gasteiger partial charge >= 0.3 is 0 Å². The average molecular weight is 344 g/mol. The lowest BCUT2D eigenvalue weighted by molar-refractivity contribution is 0.394. The Kier molecular flexibility index (Phi) is 5.60. The number of sulfonamides is 1. The molecule has 2 aromatic rings. The number of halogens is 1. The Morgan fingerprint density at radius 2 is 2.05 bits per heavy atom. The van der Waals surface area contributed by atoms with Crippen molar-refractivity contribution >= 4 is 21.8 Å². The number of benzene rings is 1. The van der Waals surface area contributed by atoms with Gasteiger partial charge in [0.15, 0.2) is 5.76 Å². The third kappa shape index (κ3) is 4.82. The molecular formula is C14H17FN2O3S2. The van der Waals surface area contributed by atoms with Gasteiger partial charge in [0.25, 0.3) is 0 Å². The smallest absolute Gasteiger partial charge is 0.219 e. The van der Waals surface area contributed by atoms with Crippen molar-refractivity contribution < 1.29 is 17.3 Å². The standard InChI is InChI=1S/C14H17FN2O3S2/c1-10(8-21-2)17-22(18,19)9-13-7-14(16-20-13)11-3-5-12(15)6-4-11/h3-7,10,17H,8-9H2,1-2H3/t10-/m1/s1. The Labute approximate surface area is 133 Å². The molecule has 0 saturated carbocycles. The van der Waals surface area contributed by atoms with E-state index in [9.17, 15) is 12.8 Å². The maximum absolute atomic E-state index is 12.9. The van der Waals surface area contributed by atoms with Crippen molar-refractivity contribution in [2.45, 2.75) is 18.7 Å². The highest BCUT2D eigenvalue weighted by molar-refractivity contribution is 7.98. The molecule has 22 heavy (non-hydrogen) atoms. The van der Waals surface area contributed by atoms with Crippen molar-refractivity contribution in [3.8, 4) is 11.3 Å². The Hall–Kier alpha value is -1.38. The number of thioether (sulfide) groups is 1. The van der Waals surface area contributed by atoms with Gasteiger partial charge in [0.05, 0.1) is 0 Å². The molecule has 1 heterocycles. The van der Waals surface area contributed by atoms with E-state index in [2.05, 4.69) is 9.88 Å². The number of aromatic nitrogens is 1. The van der Waals surface area contributed by atoms with Crippen molar-refractivity contribution in [2.24, 2.45) is 0 Å². The second kappa shape index (κ2) is 7.26. The van der Waals surface area contributed by atoms with Gasteiger partial charge in [0, 0.05) is 23.4 Å². The van der Waals surface area contributed by atoms with Crippen LogP contribution in [0.1, 0.15) is 12.7 Å². The summed E-state index contributed by atoms with van der Waals surface area (Å²) in [4.78, 5) is 0. The molecule has 0 aliphatic carbocycles. The van der Waals surface area contributed by atoms with Crippen LogP contribution in [0.3, 0.4) is 0 Å². The first-order valence-corrected chi connectivity index (χ1v) is 9.65. The van der Waals surface area contributed by atoms with Gasteiger partial charge < -0.3 is 4.52 Å². The maximum Gasteiger partial charge on any atom is 0.219 e. The molecule has 0 amide bonds. The summed E-state index contributed by atoms with van der Waals surface area (Å²) in [5, 5.41) is 3.82. The molecule has 1 aromatic heterocycles. The molecule has 0 bridgehead atoms. The minimum absolute atomic E-state index is 0.153. The van der Waals surface area contributed by atoms with Gasteiger partial charge in [-0.3, -0.25) is 0 Å². The molecule has 0 spiro atoms. The van der Waals surface area contributed by atoms with Crippen LogP contribution in [0.25, 0.3) is 11.3 Å². The molecule has 5 nitrogen and oxygen atoms in total. The first-order valence-electron chi connectivity index (χ1n) is 6.60. The van der Waals surface area contributed by atoms with Crippen LogP contribution >= 0.6 is 11.8 Å². The zero-order chi connectivity index (χ0) is 16.2. The molecule has 0 fully saturated rings. The van der Waals surface area contributed by atoms with Crippen molar-refractivity contribution in [1.82, 2.24) is 9.88 Å². The lowest BCUT2D eigenvalue weighted by Crippen LogP contribution is -2.35. The minimum atomic E-state index is -3.49. The largest absolute Gasteiger partial charge is 0.360 e. The summed E-state index contributed by atoms with van der Waals surface area (Å²) in [6.45, 7) is 1.80. The minimum Gasteiger partial charge on any atom is -0.360 e. The molecule has 1 atom stereocenters. The van der Waals surface area contributed by atoms with Crippen molar-refractivity contribution in [2.75, 3.05) is 12.0 Å². The maximum atomic E-state index is 12.9. The van der Waals surface area contributed by atoms with E-state index in [1.807, 2.05) is 6.26 Å². The van der Waals surface area contributed by atoms with Crippen molar-refractivity contribution in [1.29, 1.82) is 0 Å². The number of nitrogens with zero attached hydrogens (tertiary/aromatic N) is 1. The fourth-order valence-corrected chi connectivity index (χ4v) is 3.94. The van der Waals surface area contributed by atoms with Gasteiger partial charge in [-0.25, -0.2) is 17.5 Å². The van der Waals surface area contributed by atoms with Crippen LogP contribution in [0.15, 0.2) is 34.9 Å². The third-order valence-electron chi connectivity index (χ3n) is 2.83. The predicted molar refractivity (Wildman–Crippen MR) is 85.5 cm³/mol. The molecule has 8 heteroatoms. The zero-order valence-corrected chi connectivity index (χ0v) is 13.9. The summed E-state index contributed by atoms with van der Waals surface area (Å²) < 4.78 is 44.6. The molecular weight excluding hydrogens is 327 g/mol. The topological polar surface area (TPSA) is 72.2 Å². The van der Waals surface area contributed by atoms with E-state index in [1.165, 1.54) is 12.1 Å². The van der Waals surface area contributed by atoms with E-state index < -0.39 is 10.0 Å². The quantitative estimate of drug-likeness (QED) is 0.836. The lowest BCUT2D eigenvalue weighted by atomic mass is 10.1. The number of hydrogen-bond donors (Lipinski definition) is 1. The molecule has 1 N–H and O–H groups in total. The zero-order valence-electron chi connectivity index (χ0n) is 12.2. The van der Waals surface area contributed by atoms with Gasteiger partial charge in [-0.2, -0.15) is 11.8 Å². The monoisotopic (exact) mass is 344 g/mol. The summed E-state index contributed by atoms with van der Waals surface area (Å²) in [5.41, 5.74) is 1.14. The predicted octanol–water partition coefficient (Wildman–Crippen LogP) is 2.65. The highest BCUT2D eigenvalue weighted by Crippen LogP contribution is 2.20. The van der Waals surface area contributed by atoms with Crippen LogP contribution in [0, 0.1) is 5.82 Å². The van der Waals surface area contributed by atoms with Crippen LogP contribution in [-0.4, -0.2) is 31.6 Å². The van der Waals surface area contributed by atoms with Gasteiger partial charge in [0.1, 0.15) is 17.3 Å². The molecule has 0 aliphatic heterocycles. The van der Waals surface area contributed by atoms with Crippen LogP contribution in [0.2, 0.25) is 0 Å². The Morgan fingerprint density at radius 1 is 1.36 bits per heavy atom. The highest BCUT2D eigenvalue weighted by atomic mass is 32.2. The lowest BCUT2D eigenvalue weighted by Gasteiger charge is -2.11. The van der Waals surface area contributed by atoms with Crippen molar-refractivity contribution in [3.05, 3.63) is 41.9 Å². The van der Waals surface area contributed by atoms with Crippen molar-refractivity contribution in [3.63, 3.8) is 0 Å². The van der Waals surface area contributed by atoms with E-state index in [0.29, 0.717) is 17.0 Å². The first kappa shape index (κ1) is 17.0. The molecule has 120 valence electrons.